The summed E-state index contributed by atoms with van der Waals surface area (Å²) in [6, 6.07) is 0. The third-order valence-corrected chi connectivity index (χ3v) is 5.76. The van der Waals surface area contributed by atoms with Gasteiger partial charge in [0.1, 0.15) is 5.76 Å². The van der Waals surface area contributed by atoms with Crippen molar-refractivity contribution >= 4 is 5.91 Å². The average Bonchev–Trinajstić information content (AvgIpc) is 3.23. The quantitative estimate of drug-likeness (QED) is 0.838. The van der Waals surface area contributed by atoms with Crippen molar-refractivity contribution in [1.82, 2.24) is 14.8 Å². The van der Waals surface area contributed by atoms with Crippen molar-refractivity contribution in [3.05, 3.63) is 17.3 Å². The van der Waals surface area contributed by atoms with Gasteiger partial charge in [0, 0.05) is 52.0 Å². The molecule has 3 aliphatic rings. The molecule has 1 aromatic heterocycles. The number of likely N-dealkylation sites (tertiary alicyclic amines) is 1. The number of hydrogen-bond acceptors (Lipinski definition) is 4. The summed E-state index contributed by atoms with van der Waals surface area (Å²) in [6.45, 7) is 2.87. The number of aromatic nitrogens is 1. The van der Waals surface area contributed by atoms with Gasteiger partial charge in [0.2, 0.25) is 0 Å². The van der Waals surface area contributed by atoms with Crippen molar-refractivity contribution in [3.8, 4) is 0 Å². The molecule has 7 heteroatoms. The normalized spacial score (nSPS) is 24.5. The zero-order valence-electron chi connectivity index (χ0n) is 14.5. The van der Waals surface area contributed by atoms with Gasteiger partial charge < -0.3 is 9.32 Å². The van der Waals surface area contributed by atoms with Gasteiger partial charge in [-0.2, -0.15) is 0 Å². The minimum absolute atomic E-state index is 0.0622. The number of carbonyl (C=O) groups excluding carboxylic acids is 1. The third-order valence-electron chi connectivity index (χ3n) is 5.76. The van der Waals surface area contributed by atoms with E-state index in [0.717, 1.165) is 43.4 Å². The number of nitrogens with zero attached hydrogens (tertiary/aromatic N) is 3. The first-order valence-electron chi connectivity index (χ1n) is 9.38. The maximum absolute atomic E-state index is 13.3. The van der Waals surface area contributed by atoms with Crippen molar-refractivity contribution < 1.29 is 18.0 Å². The first-order chi connectivity index (χ1) is 12.0. The second-order valence-corrected chi connectivity index (χ2v) is 7.67. The molecular weight excluding hydrogens is 328 g/mol. The summed E-state index contributed by atoms with van der Waals surface area (Å²) < 4.78 is 32.2. The Bertz CT molecular complexity index is 630. The molecule has 0 atom stereocenters. The Morgan fingerprint density at radius 3 is 2.64 bits per heavy atom. The number of rotatable bonds is 3. The van der Waals surface area contributed by atoms with Crippen LogP contribution >= 0.6 is 0 Å². The number of fused-ring (bicyclic) bond motifs is 1. The topological polar surface area (TPSA) is 49.6 Å². The summed E-state index contributed by atoms with van der Waals surface area (Å²) in [5.74, 6) is -1.38. The molecule has 2 fully saturated rings. The second kappa shape index (κ2) is 6.67. The molecule has 138 valence electrons. The summed E-state index contributed by atoms with van der Waals surface area (Å²) >= 11 is 0. The summed E-state index contributed by atoms with van der Waals surface area (Å²) in [7, 11) is 0. The number of hydrogen-bond donors (Lipinski definition) is 0. The lowest BCUT2D eigenvalue weighted by Crippen LogP contribution is -2.42. The Hall–Kier alpha value is -1.50. The molecule has 0 aromatic carbocycles. The highest BCUT2D eigenvalue weighted by Crippen LogP contribution is 2.30. The van der Waals surface area contributed by atoms with Crippen LogP contribution in [0.5, 0.6) is 0 Å². The Morgan fingerprint density at radius 2 is 1.92 bits per heavy atom. The fourth-order valence-corrected chi connectivity index (χ4v) is 4.23. The van der Waals surface area contributed by atoms with Crippen LogP contribution in [0.2, 0.25) is 0 Å². The third kappa shape index (κ3) is 3.71. The van der Waals surface area contributed by atoms with E-state index in [1.54, 1.807) is 0 Å². The highest BCUT2D eigenvalue weighted by atomic mass is 19.3. The predicted molar refractivity (Wildman–Crippen MR) is 87.5 cm³/mol. The minimum Gasteiger partial charge on any atom is -0.437 e. The van der Waals surface area contributed by atoms with Crippen LogP contribution in [0.25, 0.3) is 0 Å². The summed E-state index contributed by atoms with van der Waals surface area (Å²) in [4.78, 5) is 20.7. The first-order valence-corrected chi connectivity index (χ1v) is 9.38. The van der Waals surface area contributed by atoms with Gasteiger partial charge in [0.25, 0.3) is 11.8 Å². The maximum atomic E-state index is 13.3. The zero-order chi connectivity index (χ0) is 17.4. The van der Waals surface area contributed by atoms with Gasteiger partial charge in [-0.05, 0) is 18.8 Å². The summed E-state index contributed by atoms with van der Waals surface area (Å²) in [5, 5.41) is 0. The van der Waals surface area contributed by atoms with Gasteiger partial charge >= 0.3 is 5.91 Å². The van der Waals surface area contributed by atoms with Crippen LogP contribution in [-0.2, 0) is 13.0 Å². The molecule has 1 aliphatic carbocycles. The lowest BCUT2D eigenvalue weighted by molar-refractivity contribution is -0.0499. The molecule has 1 saturated carbocycles. The number of alkyl halides is 2. The SMILES string of the molecule is O=C(c1nc2c(o1)CCN(CC1CCCC1)C2)N1CCC(F)(F)CC1. The van der Waals surface area contributed by atoms with Crippen molar-refractivity contribution in [3.63, 3.8) is 0 Å². The number of oxazole rings is 1. The molecule has 1 saturated heterocycles. The van der Waals surface area contributed by atoms with E-state index >= 15 is 0 Å². The van der Waals surface area contributed by atoms with Crippen molar-refractivity contribution in [1.29, 1.82) is 0 Å². The van der Waals surface area contributed by atoms with Gasteiger partial charge in [-0.15, -0.1) is 0 Å². The van der Waals surface area contributed by atoms with Crippen LogP contribution in [-0.4, -0.2) is 52.8 Å². The van der Waals surface area contributed by atoms with Crippen molar-refractivity contribution in [2.24, 2.45) is 5.92 Å². The molecule has 1 amide bonds. The fraction of sp³-hybridized carbons (Fsp3) is 0.778. The fourth-order valence-electron chi connectivity index (χ4n) is 4.23. The van der Waals surface area contributed by atoms with Crippen LogP contribution in [0.15, 0.2) is 4.42 Å². The van der Waals surface area contributed by atoms with E-state index < -0.39 is 5.92 Å². The van der Waals surface area contributed by atoms with E-state index in [9.17, 15) is 13.6 Å². The molecule has 0 unspecified atom stereocenters. The van der Waals surface area contributed by atoms with Crippen LogP contribution in [0.4, 0.5) is 8.78 Å². The molecule has 25 heavy (non-hydrogen) atoms. The average molecular weight is 353 g/mol. The lowest BCUT2D eigenvalue weighted by Gasteiger charge is -2.30. The van der Waals surface area contributed by atoms with E-state index in [0.29, 0.717) is 0 Å². The standard InChI is InChI=1S/C18H25F2N3O2/c19-18(20)6-9-23(10-7-18)17(24)16-21-14-12-22(8-5-15(14)25-16)11-13-3-1-2-4-13/h13H,1-12H2. The summed E-state index contributed by atoms with van der Waals surface area (Å²) in [5.41, 5.74) is 0.843. The van der Waals surface area contributed by atoms with E-state index in [4.69, 9.17) is 4.42 Å². The molecular formula is C18H25F2N3O2. The highest BCUT2D eigenvalue weighted by molar-refractivity contribution is 5.89. The number of piperidine rings is 1. The van der Waals surface area contributed by atoms with E-state index in [-0.39, 0.29) is 37.7 Å². The van der Waals surface area contributed by atoms with E-state index in [1.807, 2.05) is 0 Å². The van der Waals surface area contributed by atoms with Gasteiger partial charge in [-0.25, -0.2) is 13.8 Å². The summed E-state index contributed by atoms with van der Waals surface area (Å²) in [6.07, 6.45) is 5.49. The van der Waals surface area contributed by atoms with Crippen molar-refractivity contribution in [2.45, 2.75) is 57.4 Å². The number of halogens is 2. The number of carbonyl (C=O) groups is 1. The molecule has 5 nitrogen and oxygen atoms in total. The molecule has 0 spiro atoms. The van der Waals surface area contributed by atoms with Crippen molar-refractivity contribution in [2.75, 3.05) is 26.2 Å². The van der Waals surface area contributed by atoms with Crippen LogP contribution in [0.1, 0.15) is 60.7 Å². The Balaban J connectivity index is 1.39. The Labute approximate surface area is 146 Å². The molecule has 1 aromatic rings. The maximum Gasteiger partial charge on any atom is 0.309 e. The van der Waals surface area contributed by atoms with Gasteiger partial charge in [0.15, 0.2) is 0 Å². The predicted octanol–water partition coefficient (Wildman–Crippen LogP) is 3.09. The minimum atomic E-state index is -2.66. The Kier molecular flexibility index (Phi) is 4.52. The van der Waals surface area contributed by atoms with E-state index in [2.05, 4.69) is 9.88 Å². The molecule has 4 rings (SSSR count). The van der Waals surface area contributed by atoms with E-state index in [1.165, 1.54) is 30.6 Å². The van der Waals surface area contributed by atoms with Gasteiger partial charge in [0.05, 0.1) is 5.69 Å². The highest BCUT2D eigenvalue weighted by Gasteiger charge is 2.37. The van der Waals surface area contributed by atoms with Gasteiger partial charge in [-0.1, -0.05) is 12.8 Å². The van der Waals surface area contributed by atoms with Crippen LogP contribution in [0.3, 0.4) is 0 Å². The van der Waals surface area contributed by atoms with Crippen LogP contribution < -0.4 is 0 Å². The zero-order valence-corrected chi connectivity index (χ0v) is 14.5. The monoisotopic (exact) mass is 353 g/mol. The lowest BCUT2D eigenvalue weighted by atomic mass is 10.1. The molecule has 3 heterocycles. The largest absolute Gasteiger partial charge is 0.437 e. The van der Waals surface area contributed by atoms with Gasteiger partial charge in [-0.3, -0.25) is 9.69 Å². The second-order valence-electron chi connectivity index (χ2n) is 7.67. The van der Waals surface area contributed by atoms with Crippen LogP contribution in [0, 0.1) is 5.92 Å². The first kappa shape index (κ1) is 16.9. The molecule has 0 radical (unpaired) electrons. The smallest absolute Gasteiger partial charge is 0.309 e. The Morgan fingerprint density at radius 1 is 1.20 bits per heavy atom. The molecule has 0 bridgehead atoms. The molecule has 0 N–H and O–H groups in total. The molecule has 2 aliphatic heterocycles. The number of amides is 1.